The number of hydrogen-bond donors (Lipinski definition) is 0. The molecule has 0 heterocycles. The van der Waals surface area contributed by atoms with Gasteiger partial charge >= 0.3 is 0 Å². The fourth-order valence-corrected chi connectivity index (χ4v) is 0.786. The maximum atomic E-state index is 11.1. The van der Waals surface area contributed by atoms with E-state index in [0.717, 1.165) is 0 Å². The Morgan fingerprint density at radius 2 is 2.27 bits per heavy atom. The molecule has 11 heavy (non-hydrogen) atoms. The van der Waals surface area contributed by atoms with Crippen molar-refractivity contribution in [2.45, 2.75) is 0 Å². The van der Waals surface area contributed by atoms with Crippen molar-refractivity contribution in [2.75, 3.05) is 7.11 Å². The summed E-state index contributed by atoms with van der Waals surface area (Å²) in [5, 5.41) is 11.1. The number of aldehydes is 1. The van der Waals surface area contributed by atoms with Crippen molar-refractivity contribution >= 4 is 6.29 Å². The van der Waals surface area contributed by atoms with Crippen molar-refractivity contribution in [1.29, 1.82) is 0 Å². The van der Waals surface area contributed by atoms with Gasteiger partial charge in [-0.1, -0.05) is 17.9 Å². The van der Waals surface area contributed by atoms with Gasteiger partial charge in [0.1, 0.15) is 12.0 Å². The Hall–Kier alpha value is -1.51. The molecule has 3 nitrogen and oxygen atoms in total. The zero-order chi connectivity index (χ0) is 8.27. The molecule has 0 saturated carbocycles. The lowest BCUT2D eigenvalue weighted by Gasteiger charge is -2.13. The monoisotopic (exact) mass is 151 g/mol. The van der Waals surface area contributed by atoms with E-state index in [2.05, 4.69) is 0 Å². The van der Waals surface area contributed by atoms with Crippen LogP contribution in [-0.4, -0.2) is 13.4 Å². The number of methoxy groups -OCH3 is 1. The Balaban J connectivity index is 3.20. The van der Waals surface area contributed by atoms with E-state index in [1.165, 1.54) is 19.2 Å². The van der Waals surface area contributed by atoms with Crippen LogP contribution in [-0.2, 0) is 0 Å². The van der Waals surface area contributed by atoms with Crippen LogP contribution in [0, 0.1) is 0 Å². The first-order valence-electron chi connectivity index (χ1n) is 3.08. The second-order valence-electron chi connectivity index (χ2n) is 2.00. The minimum absolute atomic E-state index is 0.129. The standard InChI is InChI=1S/C8H8O3/c1-11-7-4-2-3-6(5-9)8(7)10/h2-5,10H,1H3/p-1. The molecule has 0 radical (unpaired) electrons. The van der Waals surface area contributed by atoms with Gasteiger partial charge in [0.05, 0.1) is 7.11 Å². The smallest absolute Gasteiger partial charge is 0.149 e. The van der Waals surface area contributed by atoms with Crippen LogP contribution in [0.1, 0.15) is 10.4 Å². The largest absolute Gasteiger partial charge is 0.869 e. The molecule has 0 aromatic heterocycles. The van der Waals surface area contributed by atoms with E-state index in [-0.39, 0.29) is 17.1 Å². The normalized spacial score (nSPS) is 9.18. The summed E-state index contributed by atoms with van der Waals surface area (Å²) in [5.74, 6) is -0.153. The van der Waals surface area contributed by atoms with Gasteiger partial charge in [0.15, 0.2) is 0 Å². The van der Waals surface area contributed by atoms with Crippen LogP contribution in [0.25, 0.3) is 0 Å². The zero-order valence-corrected chi connectivity index (χ0v) is 6.03. The molecule has 0 bridgehead atoms. The third-order valence-electron chi connectivity index (χ3n) is 1.36. The quantitative estimate of drug-likeness (QED) is 0.581. The van der Waals surface area contributed by atoms with Crippen LogP contribution in [0.4, 0.5) is 0 Å². The van der Waals surface area contributed by atoms with Crippen molar-refractivity contribution in [1.82, 2.24) is 0 Å². The predicted molar refractivity (Wildman–Crippen MR) is 37.8 cm³/mol. The Morgan fingerprint density at radius 1 is 1.55 bits per heavy atom. The van der Waals surface area contributed by atoms with Crippen LogP contribution in [0.2, 0.25) is 0 Å². The van der Waals surface area contributed by atoms with Crippen molar-refractivity contribution < 1.29 is 14.6 Å². The molecular formula is C8H7O3-. The molecule has 0 aliphatic rings. The van der Waals surface area contributed by atoms with Gasteiger partial charge in [-0.3, -0.25) is 4.79 Å². The maximum absolute atomic E-state index is 11.1. The van der Waals surface area contributed by atoms with E-state index in [1.54, 1.807) is 6.07 Å². The molecule has 1 aromatic carbocycles. The van der Waals surface area contributed by atoms with E-state index >= 15 is 0 Å². The van der Waals surface area contributed by atoms with Gasteiger partial charge in [-0.25, -0.2) is 0 Å². The molecule has 0 spiro atoms. The molecule has 0 atom stereocenters. The van der Waals surface area contributed by atoms with Gasteiger partial charge in [0, 0.05) is 5.56 Å². The fourth-order valence-electron chi connectivity index (χ4n) is 0.786. The summed E-state index contributed by atoms with van der Waals surface area (Å²) >= 11 is 0. The van der Waals surface area contributed by atoms with Crippen LogP contribution in [0.5, 0.6) is 11.5 Å². The van der Waals surface area contributed by atoms with Gasteiger partial charge < -0.3 is 9.84 Å². The van der Waals surface area contributed by atoms with Crippen molar-refractivity contribution in [2.24, 2.45) is 0 Å². The molecule has 0 unspecified atom stereocenters. The third-order valence-corrected chi connectivity index (χ3v) is 1.36. The van der Waals surface area contributed by atoms with Crippen LogP contribution in [0.3, 0.4) is 0 Å². The van der Waals surface area contributed by atoms with E-state index in [0.29, 0.717) is 6.29 Å². The van der Waals surface area contributed by atoms with Gasteiger partial charge in [-0.05, 0) is 6.07 Å². The molecular weight excluding hydrogens is 144 g/mol. The molecule has 0 fully saturated rings. The number of rotatable bonds is 2. The van der Waals surface area contributed by atoms with Gasteiger partial charge in [-0.2, -0.15) is 0 Å². The minimum Gasteiger partial charge on any atom is -0.869 e. The minimum atomic E-state index is -0.356. The average Bonchev–Trinajstić information content (AvgIpc) is 2.05. The van der Waals surface area contributed by atoms with E-state index < -0.39 is 0 Å². The summed E-state index contributed by atoms with van der Waals surface area (Å²) in [4.78, 5) is 10.2. The highest BCUT2D eigenvalue weighted by Crippen LogP contribution is 2.24. The van der Waals surface area contributed by atoms with Crippen molar-refractivity contribution in [3.8, 4) is 11.5 Å². The van der Waals surface area contributed by atoms with E-state index in [1.807, 2.05) is 0 Å². The lowest BCUT2D eigenvalue weighted by molar-refractivity contribution is -0.270. The Bertz CT molecular complexity index is 268. The average molecular weight is 151 g/mol. The number of hydrogen-bond acceptors (Lipinski definition) is 3. The lowest BCUT2D eigenvalue weighted by atomic mass is 10.2. The highest BCUT2D eigenvalue weighted by atomic mass is 16.5. The topological polar surface area (TPSA) is 49.4 Å². The lowest BCUT2D eigenvalue weighted by Crippen LogP contribution is -1.98. The highest BCUT2D eigenvalue weighted by molar-refractivity contribution is 5.80. The summed E-state index contributed by atoms with van der Waals surface area (Å²) in [6, 6.07) is 4.58. The van der Waals surface area contributed by atoms with Crippen LogP contribution >= 0.6 is 0 Å². The molecule has 58 valence electrons. The second kappa shape index (κ2) is 3.05. The number of benzene rings is 1. The van der Waals surface area contributed by atoms with Gasteiger partial charge in [0.25, 0.3) is 0 Å². The maximum Gasteiger partial charge on any atom is 0.149 e. The summed E-state index contributed by atoms with van der Waals surface area (Å²) < 4.78 is 4.72. The molecule has 1 rings (SSSR count). The van der Waals surface area contributed by atoms with E-state index in [4.69, 9.17) is 4.74 Å². The number of para-hydroxylation sites is 1. The van der Waals surface area contributed by atoms with E-state index in [9.17, 15) is 9.90 Å². The fraction of sp³-hybridized carbons (Fsp3) is 0.125. The van der Waals surface area contributed by atoms with Crippen molar-refractivity contribution in [3.05, 3.63) is 23.8 Å². The Labute approximate surface area is 64.2 Å². The Kier molecular flexibility index (Phi) is 2.11. The number of ether oxygens (including phenoxy) is 1. The summed E-state index contributed by atoms with van der Waals surface area (Å²) in [6.07, 6.45) is 0.519. The number of carbonyl (C=O) groups is 1. The zero-order valence-electron chi connectivity index (χ0n) is 6.03. The predicted octanol–water partition coefficient (Wildman–Crippen LogP) is 0.581. The molecule has 3 heteroatoms. The summed E-state index contributed by atoms with van der Waals surface area (Å²) in [5.41, 5.74) is 0.129. The molecule has 0 amide bonds. The van der Waals surface area contributed by atoms with Gasteiger partial charge in [0.2, 0.25) is 0 Å². The van der Waals surface area contributed by atoms with Gasteiger partial charge in [-0.15, -0.1) is 0 Å². The third kappa shape index (κ3) is 1.32. The van der Waals surface area contributed by atoms with Crippen LogP contribution in [0.15, 0.2) is 18.2 Å². The molecule has 0 saturated heterocycles. The second-order valence-corrected chi connectivity index (χ2v) is 2.00. The Morgan fingerprint density at radius 3 is 2.82 bits per heavy atom. The first kappa shape index (κ1) is 7.60. The SMILES string of the molecule is COc1cccc(C=O)c1[O-]. The molecule has 1 aromatic rings. The van der Waals surface area contributed by atoms with Crippen molar-refractivity contribution in [3.63, 3.8) is 0 Å². The molecule has 0 N–H and O–H groups in total. The number of carbonyl (C=O) groups excluding carboxylic acids is 1. The molecule has 0 aliphatic heterocycles. The highest BCUT2D eigenvalue weighted by Gasteiger charge is 1.96. The summed E-state index contributed by atoms with van der Waals surface area (Å²) in [6.45, 7) is 0. The van der Waals surface area contributed by atoms with Crippen LogP contribution < -0.4 is 9.84 Å². The molecule has 0 aliphatic carbocycles. The summed E-state index contributed by atoms with van der Waals surface area (Å²) in [7, 11) is 1.39. The first-order valence-corrected chi connectivity index (χ1v) is 3.08. The first-order chi connectivity index (χ1) is 5.29.